The average Bonchev–Trinajstić information content (AvgIpc) is 2.30. The first-order valence-corrected chi connectivity index (χ1v) is 7.12. The number of thiocarbonyl (C=S) groups is 1. The van der Waals surface area contributed by atoms with Gasteiger partial charge in [0.2, 0.25) is 0 Å². The van der Waals surface area contributed by atoms with Crippen molar-refractivity contribution in [3.63, 3.8) is 0 Å². The highest BCUT2D eigenvalue weighted by atomic mass is 35.5. The maximum absolute atomic E-state index is 13.0. The highest BCUT2D eigenvalue weighted by Crippen LogP contribution is 2.19. The van der Waals surface area contributed by atoms with E-state index in [9.17, 15) is 4.39 Å². The van der Waals surface area contributed by atoms with Crippen LogP contribution in [0.5, 0.6) is 0 Å². The molecule has 0 amide bonds. The highest BCUT2D eigenvalue weighted by molar-refractivity contribution is 7.80. The Labute approximate surface area is 124 Å². The fourth-order valence-electron chi connectivity index (χ4n) is 2.00. The lowest BCUT2D eigenvalue weighted by molar-refractivity contribution is 0.356. The highest BCUT2D eigenvalue weighted by Gasteiger charge is 2.18. The molecule has 1 rings (SSSR count). The summed E-state index contributed by atoms with van der Waals surface area (Å²) in [7, 11) is 0. The molecule has 0 bridgehead atoms. The van der Waals surface area contributed by atoms with Crippen molar-refractivity contribution in [1.82, 2.24) is 5.32 Å². The first-order chi connectivity index (χ1) is 8.81. The third-order valence-electron chi connectivity index (χ3n) is 2.91. The van der Waals surface area contributed by atoms with Crippen LogP contribution in [0.1, 0.15) is 27.7 Å². The molecule has 19 heavy (non-hydrogen) atoms. The van der Waals surface area contributed by atoms with Gasteiger partial charge in [0.15, 0.2) is 5.11 Å². The molecular weight excluding hydrogens is 283 g/mol. The summed E-state index contributed by atoms with van der Waals surface area (Å²) in [6.07, 6.45) is 0. The molecule has 1 aromatic carbocycles. The minimum absolute atomic E-state index is 0.0806. The SMILES string of the molecule is CC(C)C(NC(=S)Nc1ccc(F)c(Cl)c1)C(C)C. The van der Waals surface area contributed by atoms with Crippen LogP contribution in [-0.2, 0) is 0 Å². The fraction of sp³-hybridized carbons (Fsp3) is 0.500. The molecule has 0 aliphatic heterocycles. The predicted octanol–water partition coefficient (Wildman–Crippen LogP) is 4.45. The van der Waals surface area contributed by atoms with Crippen molar-refractivity contribution in [2.24, 2.45) is 11.8 Å². The number of nitrogens with one attached hydrogen (secondary N) is 2. The molecule has 2 nitrogen and oxygen atoms in total. The van der Waals surface area contributed by atoms with Crippen LogP contribution in [0.4, 0.5) is 10.1 Å². The van der Waals surface area contributed by atoms with Gasteiger partial charge in [-0.2, -0.15) is 0 Å². The third kappa shape index (κ3) is 4.96. The van der Waals surface area contributed by atoms with E-state index in [1.807, 2.05) is 0 Å². The quantitative estimate of drug-likeness (QED) is 0.804. The fourth-order valence-corrected chi connectivity index (χ4v) is 2.43. The molecule has 0 saturated carbocycles. The van der Waals surface area contributed by atoms with E-state index in [0.29, 0.717) is 22.6 Å². The van der Waals surface area contributed by atoms with Gasteiger partial charge in [-0.1, -0.05) is 39.3 Å². The van der Waals surface area contributed by atoms with Crippen LogP contribution in [0.2, 0.25) is 5.02 Å². The average molecular weight is 303 g/mol. The molecule has 0 aliphatic carbocycles. The van der Waals surface area contributed by atoms with Gasteiger partial charge in [-0.05, 0) is 42.3 Å². The summed E-state index contributed by atoms with van der Waals surface area (Å²) in [5.74, 6) is 0.501. The number of anilines is 1. The Hall–Kier alpha value is -0.870. The summed E-state index contributed by atoms with van der Waals surface area (Å²) in [6.45, 7) is 8.59. The van der Waals surface area contributed by atoms with Gasteiger partial charge in [0.05, 0.1) is 5.02 Å². The number of hydrogen-bond acceptors (Lipinski definition) is 1. The molecule has 0 heterocycles. The van der Waals surface area contributed by atoms with Gasteiger partial charge < -0.3 is 10.6 Å². The molecule has 0 fully saturated rings. The van der Waals surface area contributed by atoms with Crippen LogP contribution in [-0.4, -0.2) is 11.2 Å². The lowest BCUT2D eigenvalue weighted by atomic mass is 9.93. The zero-order valence-electron chi connectivity index (χ0n) is 11.6. The summed E-state index contributed by atoms with van der Waals surface area (Å²) in [5, 5.41) is 6.91. The standard InChI is InChI=1S/C14H20ClFN2S/c1-8(2)13(9(3)4)18-14(19)17-10-5-6-12(16)11(15)7-10/h5-9,13H,1-4H3,(H2,17,18,19). The lowest BCUT2D eigenvalue weighted by Crippen LogP contribution is -2.44. The van der Waals surface area contributed by atoms with Crippen LogP contribution < -0.4 is 10.6 Å². The van der Waals surface area contributed by atoms with E-state index >= 15 is 0 Å². The van der Waals surface area contributed by atoms with Crippen molar-refractivity contribution in [3.8, 4) is 0 Å². The smallest absolute Gasteiger partial charge is 0.171 e. The Morgan fingerprint density at radius 3 is 2.26 bits per heavy atom. The molecule has 0 radical (unpaired) electrons. The molecule has 2 N–H and O–H groups in total. The Morgan fingerprint density at radius 2 is 1.79 bits per heavy atom. The van der Waals surface area contributed by atoms with E-state index in [1.165, 1.54) is 12.1 Å². The minimum Gasteiger partial charge on any atom is -0.359 e. The number of halogens is 2. The molecule has 1 aromatic rings. The second-order valence-corrected chi connectivity index (χ2v) is 6.06. The van der Waals surface area contributed by atoms with Gasteiger partial charge in [0.1, 0.15) is 5.82 Å². The first kappa shape index (κ1) is 16.2. The maximum Gasteiger partial charge on any atom is 0.171 e. The van der Waals surface area contributed by atoms with Gasteiger partial charge >= 0.3 is 0 Å². The van der Waals surface area contributed by atoms with E-state index < -0.39 is 5.82 Å². The minimum atomic E-state index is -0.437. The summed E-state index contributed by atoms with van der Waals surface area (Å²) in [5.41, 5.74) is 0.676. The second-order valence-electron chi connectivity index (χ2n) is 5.24. The Balaban J connectivity index is 2.66. The first-order valence-electron chi connectivity index (χ1n) is 6.33. The summed E-state index contributed by atoms with van der Waals surface area (Å²) < 4.78 is 13.0. The molecular formula is C14H20ClFN2S. The van der Waals surface area contributed by atoms with Crippen molar-refractivity contribution in [3.05, 3.63) is 29.0 Å². The van der Waals surface area contributed by atoms with E-state index in [1.54, 1.807) is 6.07 Å². The topological polar surface area (TPSA) is 24.1 Å². The summed E-state index contributed by atoms with van der Waals surface area (Å²) in [6, 6.07) is 4.73. The second kappa shape index (κ2) is 7.06. The Kier molecular flexibility index (Phi) is 6.01. The molecule has 0 aromatic heterocycles. The Morgan fingerprint density at radius 1 is 1.21 bits per heavy atom. The molecule has 0 saturated heterocycles. The number of rotatable bonds is 4. The lowest BCUT2D eigenvalue weighted by Gasteiger charge is -2.27. The molecule has 106 valence electrons. The molecule has 0 aliphatic rings. The molecule has 0 unspecified atom stereocenters. The summed E-state index contributed by atoms with van der Waals surface area (Å²) >= 11 is 11.0. The van der Waals surface area contributed by atoms with Gasteiger partial charge in [0, 0.05) is 11.7 Å². The van der Waals surface area contributed by atoms with Crippen molar-refractivity contribution in [2.45, 2.75) is 33.7 Å². The van der Waals surface area contributed by atoms with E-state index in [0.717, 1.165) is 0 Å². The van der Waals surface area contributed by atoms with E-state index in [-0.39, 0.29) is 11.1 Å². The van der Waals surface area contributed by atoms with Crippen molar-refractivity contribution in [2.75, 3.05) is 5.32 Å². The number of hydrogen-bond donors (Lipinski definition) is 2. The van der Waals surface area contributed by atoms with Crippen LogP contribution in [0, 0.1) is 17.7 Å². The normalized spacial score (nSPS) is 11.2. The number of benzene rings is 1. The molecule has 0 spiro atoms. The van der Waals surface area contributed by atoms with Crippen molar-refractivity contribution < 1.29 is 4.39 Å². The van der Waals surface area contributed by atoms with Gasteiger partial charge in [-0.25, -0.2) is 4.39 Å². The van der Waals surface area contributed by atoms with Gasteiger partial charge in [-0.3, -0.25) is 0 Å². The molecule has 5 heteroatoms. The van der Waals surface area contributed by atoms with Crippen LogP contribution in [0.25, 0.3) is 0 Å². The zero-order valence-corrected chi connectivity index (χ0v) is 13.2. The maximum atomic E-state index is 13.0. The molecule has 0 atom stereocenters. The van der Waals surface area contributed by atoms with Gasteiger partial charge in [0.25, 0.3) is 0 Å². The zero-order chi connectivity index (χ0) is 14.6. The van der Waals surface area contributed by atoms with Crippen LogP contribution in [0.15, 0.2) is 18.2 Å². The van der Waals surface area contributed by atoms with E-state index in [2.05, 4.69) is 38.3 Å². The monoisotopic (exact) mass is 302 g/mol. The van der Waals surface area contributed by atoms with Crippen LogP contribution >= 0.6 is 23.8 Å². The van der Waals surface area contributed by atoms with Crippen molar-refractivity contribution in [1.29, 1.82) is 0 Å². The van der Waals surface area contributed by atoms with E-state index in [4.69, 9.17) is 23.8 Å². The summed E-state index contributed by atoms with van der Waals surface area (Å²) in [4.78, 5) is 0. The van der Waals surface area contributed by atoms with Gasteiger partial charge in [-0.15, -0.1) is 0 Å². The third-order valence-corrected chi connectivity index (χ3v) is 3.42. The largest absolute Gasteiger partial charge is 0.359 e. The van der Waals surface area contributed by atoms with Crippen LogP contribution in [0.3, 0.4) is 0 Å². The predicted molar refractivity (Wildman–Crippen MR) is 84.2 cm³/mol. The van der Waals surface area contributed by atoms with Crippen molar-refractivity contribution >= 4 is 34.6 Å². The Bertz CT molecular complexity index is 441.